The lowest BCUT2D eigenvalue weighted by Gasteiger charge is -2.31. The Bertz CT molecular complexity index is 1000. The minimum Gasteiger partial charge on any atom is -0.459 e. The van der Waals surface area contributed by atoms with Crippen LogP contribution in [0.3, 0.4) is 0 Å². The van der Waals surface area contributed by atoms with Crippen LogP contribution >= 0.6 is 12.2 Å². The highest BCUT2D eigenvalue weighted by Crippen LogP contribution is 2.40. The molecule has 0 saturated carbocycles. The minimum absolute atomic E-state index is 0.0547. The molecule has 4 heterocycles. The summed E-state index contributed by atoms with van der Waals surface area (Å²) in [6.45, 7) is 5.26. The molecule has 0 spiro atoms. The van der Waals surface area contributed by atoms with Crippen molar-refractivity contribution in [1.29, 1.82) is 0 Å². The van der Waals surface area contributed by atoms with Crippen LogP contribution in [0.2, 0.25) is 0 Å². The number of rotatable bonds is 6. The Morgan fingerprint density at radius 3 is 2.55 bits per heavy atom. The van der Waals surface area contributed by atoms with E-state index in [0.29, 0.717) is 0 Å². The number of benzene rings is 1. The van der Waals surface area contributed by atoms with Gasteiger partial charge in [0.15, 0.2) is 5.11 Å². The van der Waals surface area contributed by atoms with Crippen LogP contribution in [-0.2, 0) is 4.74 Å². The molecule has 0 aliphatic carbocycles. The van der Waals surface area contributed by atoms with Gasteiger partial charge in [-0.15, -0.1) is 0 Å². The van der Waals surface area contributed by atoms with Crippen molar-refractivity contribution in [2.24, 2.45) is 0 Å². The summed E-state index contributed by atoms with van der Waals surface area (Å²) in [6.07, 6.45) is 1.82. The summed E-state index contributed by atoms with van der Waals surface area (Å²) in [5.41, 5.74) is 2.03. The second-order valence-corrected chi connectivity index (χ2v) is 8.23. The van der Waals surface area contributed by atoms with E-state index in [-0.39, 0.29) is 12.1 Å². The third kappa shape index (κ3) is 4.35. The van der Waals surface area contributed by atoms with Crippen LogP contribution in [0, 0.1) is 0 Å². The maximum atomic E-state index is 6.37. The fourth-order valence-electron chi connectivity index (χ4n) is 4.30. The van der Waals surface area contributed by atoms with E-state index >= 15 is 0 Å². The van der Waals surface area contributed by atoms with Gasteiger partial charge in [-0.3, -0.25) is 9.88 Å². The molecular weight excluding hydrogens is 408 g/mol. The summed E-state index contributed by atoms with van der Waals surface area (Å²) in [5, 5.41) is 4.24. The Hall–Kier alpha value is -2.74. The summed E-state index contributed by atoms with van der Waals surface area (Å²) >= 11 is 5.76. The van der Waals surface area contributed by atoms with Gasteiger partial charge in [0.2, 0.25) is 0 Å². The fourth-order valence-corrected chi connectivity index (χ4v) is 4.63. The first kappa shape index (κ1) is 20.2. The number of pyridine rings is 1. The zero-order valence-corrected chi connectivity index (χ0v) is 18.1. The number of nitrogens with one attached hydrogen (secondary N) is 1. The van der Waals surface area contributed by atoms with Crippen molar-refractivity contribution in [2.45, 2.75) is 12.1 Å². The molecule has 1 N–H and O–H groups in total. The Morgan fingerprint density at radius 1 is 0.968 bits per heavy atom. The number of furan rings is 1. The standard InChI is InChI=1S/C24H26N4O2S/c31-24-26-22(19-8-4-5-11-25-19)23(28(24)13-12-27-14-16-29-17-15-27)21-10-9-20(30-21)18-6-2-1-3-7-18/h1-11,22-23H,12-17H2,(H,26,31)/t22-,23-/m1/s1. The third-order valence-corrected chi connectivity index (χ3v) is 6.29. The van der Waals surface area contributed by atoms with Gasteiger partial charge in [-0.25, -0.2) is 0 Å². The molecule has 5 rings (SSSR count). The van der Waals surface area contributed by atoms with E-state index in [1.165, 1.54) is 0 Å². The van der Waals surface area contributed by atoms with Gasteiger partial charge in [0.1, 0.15) is 17.6 Å². The first-order chi connectivity index (χ1) is 15.3. The number of aromatic nitrogens is 1. The van der Waals surface area contributed by atoms with Gasteiger partial charge < -0.3 is 19.4 Å². The summed E-state index contributed by atoms with van der Waals surface area (Å²) in [7, 11) is 0. The number of morpholine rings is 1. The lowest BCUT2D eigenvalue weighted by molar-refractivity contribution is 0.0347. The van der Waals surface area contributed by atoms with Gasteiger partial charge in [-0.1, -0.05) is 36.4 Å². The van der Waals surface area contributed by atoms with E-state index < -0.39 is 0 Å². The number of hydrogen-bond acceptors (Lipinski definition) is 5. The molecule has 2 aliphatic rings. The molecule has 3 aromatic rings. The smallest absolute Gasteiger partial charge is 0.170 e. The molecular formula is C24H26N4O2S. The van der Waals surface area contributed by atoms with E-state index in [0.717, 1.165) is 67.3 Å². The molecule has 0 amide bonds. The van der Waals surface area contributed by atoms with E-state index in [2.05, 4.69) is 38.3 Å². The molecule has 2 aromatic heterocycles. The van der Waals surface area contributed by atoms with Crippen LogP contribution in [0.15, 0.2) is 71.3 Å². The van der Waals surface area contributed by atoms with Gasteiger partial charge in [-0.05, 0) is 36.5 Å². The van der Waals surface area contributed by atoms with E-state index in [9.17, 15) is 0 Å². The van der Waals surface area contributed by atoms with Crippen molar-refractivity contribution < 1.29 is 9.15 Å². The van der Waals surface area contributed by atoms with Gasteiger partial charge in [0.25, 0.3) is 0 Å². The molecule has 31 heavy (non-hydrogen) atoms. The largest absolute Gasteiger partial charge is 0.459 e. The zero-order chi connectivity index (χ0) is 21.0. The SMILES string of the molecule is S=C1N[C@H](c2ccccn2)[C@@H](c2ccc(-c3ccccc3)o2)N1CCN1CCOCC1. The van der Waals surface area contributed by atoms with E-state index in [1.54, 1.807) is 0 Å². The maximum absolute atomic E-state index is 6.37. The first-order valence-corrected chi connectivity index (χ1v) is 11.1. The van der Waals surface area contributed by atoms with Gasteiger partial charge >= 0.3 is 0 Å². The van der Waals surface area contributed by atoms with Gasteiger partial charge in [-0.2, -0.15) is 0 Å². The van der Waals surface area contributed by atoms with Gasteiger partial charge in [0.05, 0.1) is 24.9 Å². The van der Waals surface area contributed by atoms with Crippen LogP contribution in [-0.4, -0.2) is 59.3 Å². The second-order valence-electron chi connectivity index (χ2n) is 7.84. The Balaban J connectivity index is 1.44. The highest BCUT2D eigenvalue weighted by molar-refractivity contribution is 7.80. The average molecular weight is 435 g/mol. The number of nitrogens with zero attached hydrogens (tertiary/aromatic N) is 3. The highest BCUT2D eigenvalue weighted by Gasteiger charge is 2.41. The molecule has 160 valence electrons. The Kier molecular flexibility index (Phi) is 5.97. The molecule has 1 aromatic carbocycles. The Labute approximate surface area is 187 Å². The van der Waals surface area contributed by atoms with Crippen LogP contribution in [0.1, 0.15) is 23.5 Å². The molecule has 2 aliphatic heterocycles. The molecule has 0 unspecified atom stereocenters. The second kappa shape index (κ2) is 9.18. The molecule has 0 radical (unpaired) electrons. The number of ether oxygens (including phenoxy) is 1. The fraction of sp³-hybridized carbons (Fsp3) is 0.333. The summed E-state index contributed by atoms with van der Waals surface area (Å²) in [5.74, 6) is 1.75. The van der Waals surface area contributed by atoms with Crippen molar-refractivity contribution in [3.8, 4) is 11.3 Å². The van der Waals surface area contributed by atoms with Crippen molar-refractivity contribution in [1.82, 2.24) is 20.1 Å². The average Bonchev–Trinajstić information content (AvgIpc) is 3.44. The highest BCUT2D eigenvalue weighted by atomic mass is 32.1. The van der Waals surface area contributed by atoms with E-state index in [1.807, 2.05) is 48.7 Å². The van der Waals surface area contributed by atoms with Crippen LogP contribution in [0.25, 0.3) is 11.3 Å². The first-order valence-electron chi connectivity index (χ1n) is 10.7. The van der Waals surface area contributed by atoms with Crippen molar-refractivity contribution in [2.75, 3.05) is 39.4 Å². The van der Waals surface area contributed by atoms with Crippen molar-refractivity contribution in [3.63, 3.8) is 0 Å². The molecule has 2 atom stereocenters. The zero-order valence-electron chi connectivity index (χ0n) is 17.3. The maximum Gasteiger partial charge on any atom is 0.170 e. The molecule has 2 saturated heterocycles. The quantitative estimate of drug-likeness (QED) is 0.595. The molecule has 2 fully saturated rings. The molecule has 0 bridgehead atoms. The van der Waals surface area contributed by atoms with Gasteiger partial charge in [0, 0.05) is 37.9 Å². The lowest BCUT2D eigenvalue weighted by atomic mass is 10.0. The van der Waals surface area contributed by atoms with Crippen molar-refractivity contribution in [3.05, 3.63) is 78.3 Å². The normalized spacial score (nSPS) is 21.9. The van der Waals surface area contributed by atoms with Crippen LogP contribution in [0.5, 0.6) is 0 Å². The molecule has 7 heteroatoms. The van der Waals surface area contributed by atoms with Crippen molar-refractivity contribution >= 4 is 17.3 Å². The predicted molar refractivity (Wildman–Crippen MR) is 124 cm³/mol. The molecule has 6 nitrogen and oxygen atoms in total. The Morgan fingerprint density at radius 2 is 1.77 bits per heavy atom. The van der Waals surface area contributed by atoms with E-state index in [4.69, 9.17) is 21.4 Å². The third-order valence-electron chi connectivity index (χ3n) is 5.94. The summed E-state index contributed by atoms with van der Waals surface area (Å²) in [6, 6.07) is 20.2. The summed E-state index contributed by atoms with van der Waals surface area (Å²) < 4.78 is 11.9. The number of hydrogen-bond donors (Lipinski definition) is 1. The number of thiocarbonyl (C=S) groups is 1. The minimum atomic E-state index is -0.0619. The summed E-state index contributed by atoms with van der Waals surface area (Å²) in [4.78, 5) is 9.28. The lowest BCUT2D eigenvalue weighted by Crippen LogP contribution is -2.42. The topological polar surface area (TPSA) is 53.8 Å². The monoisotopic (exact) mass is 434 g/mol. The van der Waals surface area contributed by atoms with Crippen LogP contribution in [0.4, 0.5) is 0 Å². The predicted octanol–water partition coefficient (Wildman–Crippen LogP) is 3.65. The van der Waals surface area contributed by atoms with Crippen LogP contribution < -0.4 is 5.32 Å².